The van der Waals surface area contributed by atoms with E-state index in [1.807, 2.05) is 5.32 Å². The molecule has 0 radical (unpaired) electrons. The summed E-state index contributed by atoms with van der Waals surface area (Å²) in [6, 6.07) is -0.596. The molecular formula is C11H15ClF3NO4. The van der Waals surface area contributed by atoms with Gasteiger partial charge in [-0.2, -0.15) is 13.2 Å². The summed E-state index contributed by atoms with van der Waals surface area (Å²) >= 11 is 5.17. The minimum atomic E-state index is -4.62. The lowest BCUT2D eigenvalue weighted by Crippen LogP contribution is -2.49. The second-order valence-corrected chi connectivity index (χ2v) is 5.66. The van der Waals surface area contributed by atoms with Crippen LogP contribution < -0.4 is 5.32 Å². The molecule has 9 heteroatoms. The number of esters is 1. The Morgan fingerprint density at radius 1 is 1.35 bits per heavy atom. The Balaban J connectivity index is 2.83. The summed E-state index contributed by atoms with van der Waals surface area (Å²) in [4.78, 5) is 23.2. The third kappa shape index (κ3) is 3.91. The topological polar surface area (TPSA) is 64.6 Å². The highest BCUT2D eigenvalue weighted by molar-refractivity contribution is 6.17. The van der Waals surface area contributed by atoms with Gasteiger partial charge in [-0.05, 0) is 27.2 Å². The lowest BCUT2D eigenvalue weighted by Gasteiger charge is -2.23. The van der Waals surface area contributed by atoms with Gasteiger partial charge in [-0.15, -0.1) is 0 Å². The van der Waals surface area contributed by atoms with Crippen LogP contribution in [0.15, 0.2) is 0 Å². The van der Waals surface area contributed by atoms with Crippen LogP contribution in [-0.4, -0.2) is 35.4 Å². The number of ether oxygens (including phenoxy) is 2. The molecule has 0 heterocycles. The Kier molecular flexibility index (Phi) is 4.48. The maximum Gasteiger partial charge on any atom is 0.408 e. The van der Waals surface area contributed by atoms with E-state index in [1.54, 1.807) is 20.8 Å². The van der Waals surface area contributed by atoms with E-state index in [1.165, 1.54) is 0 Å². The van der Waals surface area contributed by atoms with Gasteiger partial charge in [-0.25, -0.2) is 9.59 Å². The lowest BCUT2D eigenvalue weighted by molar-refractivity contribution is -0.165. The lowest BCUT2D eigenvalue weighted by atomic mass is 10.2. The Morgan fingerprint density at radius 2 is 1.90 bits per heavy atom. The molecule has 2 unspecified atom stereocenters. The molecule has 0 aromatic heterocycles. The number of alkyl carbamates (subject to hydrolysis) is 1. The summed E-state index contributed by atoms with van der Waals surface area (Å²) < 4.78 is 47.3. The van der Waals surface area contributed by atoms with Crippen molar-refractivity contribution >= 4 is 23.7 Å². The van der Waals surface area contributed by atoms with E-state index in [9.17, 15) is 22.8 Å². The second-order valence-electron chi connectivity index (χ2n) is 5.44. The van der Waals surface area contributed by atoms with Gasteiger partial charge in [-0.3, -0.25) is 0 Å². The van der Waals surface area contributed by atoms with Gasteiger partial charge in [0.25, 0.3) is 0 Å². The summed E-state index contributed by atoms with van der Waals surface area (Å²) in [6.45, 7) is 4.64. The van der Waals surface area contributed by atoms with Crippen molar-refractivity contribution < 1.29 is 32.2 Å². The standard InChI is InChI=1S/C11H15ClF3NO4/c1-9(2,3)20-8(18)16-10(7(17)19-5-12)4-6(10)11(13,14)15/h6H,4-5H2,1-3H3,(H,16,18). The first kappa shape index (κ1) is 16.9. The zero-order chi connectivity index (χ0) is 15.8. The monoisotopic (exact) mass is 317 g/mol. The van der Waals surface area contributed by atoms with Crippen LogP contribution in [0.4, 0.5) is 18.0 Å². The Labute approximate surface area is 118 Å². The average Bonchev–Trinajstić information content (AvgIpc) is 2.90. The highest BCUT2D eigenvalue weighted by Crippen LogP contribution is 2.54. The Bertz CT molecular complexity index is 407. The van der Waals surface area contributed by atoms with Crippen molar-refractivity contribution in [1.82, 2.24) is 5.32 Å². The summed E-state index contributed by atoms with van der Waals surface area (Å²) in [5, 5.41) is 1.95. The zero-order valence-electron chi connectivity index (χ0n) is 11.1. The Morgan fingerprint density at radius 3 is 2.25 bits per heavy atom. The normalized spacial score (nSPS) is 25.9. The van der Waals surface area contributed by atoms with Gasteiger partial charge in [0.15, 0.2) is 11.6 Å². The molecule has 1 aliphatic carbocycles. The van der Waals surface area contributed by atoms with Crippen molar-refractivity contribution in [2.24, 2.45) is 5.92 Å². The number of amides is 1. The summed E-state index contributed by atoms with van der Waals surface area (Å²) in [6.07, 6.45) is -6.33. The first-order valence-electron chi connectivity index (χ1n) is 5.73. The van der Waals surface area contributed by atoms with Crippen molar-refractivity contribution in [3.8, 4) is 0 Å². The van der Waals surface area contributed by atoms with Crippen LogP contribution in [0.3, 0.4) is 0 Å². The smallest absolute Gasteiger partial charge is 0.408 e. The molecule has 0 saturated heterocycles. The van der Waals surface area contributed by atoms with E-state index in [-0.39, 0.29) is 0 Å². The minimum Gasteiger partial charge on any atom is -0.448 e. The summed E-state index contributed by atoms with van der Waals surface area (Å²) in [5.74, 6) is -3.22. The van der Waals surface area contributed by atoms with Crippen LogP contribution in [0.1, 0.15) is 27.2 Å². The third-order valence-corrected chi connectivity index (χ3v) is 2.74. The molecule has 0 aliphatic heterocycles. The molecule has 1 rings (SSSR count). The van der Waals surface area contributed by atoms with Gasteiger partial charge in [0, 0.05) is 0 Å². The molecular weight excluding hydrogens is 303 g/mol. The predicted octanol–water partition coefficient (Wildman–Crippen LogP) is 2.57. The quantitative estimate of drug-likeness (QED) is 0.642. The van der Waals surface area contributed by atoms with E-state index in [0.717, 1.165) is 0 Å². The number of rotatable bonds is 3. The highest BCUT2D eigenvalue weighted by Gasteiger charge is 2.73. The van der Waals surface area contributed by atoms with Crippen molar-refractivity contribution in [1.29, 1.82) is 0 Å². The fourth-order valence-electron chi connectivity index (χ4n) is 1.74. The number of carbonyl (C=O) groups is 2. The molecule has 1 saturated carbocycles. The van der Waals surface area contributed by atoms with E-state index < -0.39 is 47.8 Å². The third-order valence-electron chi connectivity index (χ3n) is 2.63. The molecule has 1 aliphatic rings. The number of hydrogen-bond acceptors (Lipinski definition) is 4. The molecule has 1 amide bonds. The molecule has 2 atom stereocenters. The van der Waals surface area contributed by atoms with Crippen LogP contribution in [0, 0.1) is 5.92 Å². The molecule has 5 nitrogen and oxygen atoms in total. The van der Waals surface area contributed by atoms with Crippen molar-refractivity contribution in [3.63, 3.8) is 0 Å². The van der Waals surface area contributed by atoms with E-state index in [4.69, 9.17) is 16.3 Å². The summed E-state index contributed by atoms with van der Waals surface area (Å²) in [5.41, 5.74) is -3.04. The SMILES string of the molecule is CC(C)(C)OC(=O)NC1(C(=O)OCCl)CC1C(F)(F)F. The zero-order valence-corrected chi connectivity index (χ0v) is 11.9. The number of nitrogens with one attached hydrogen (secondary N) is 1. The molecule has 0 aromatic carbocycles. The highest BCUT2D eigenvalue weighted by atomic mass is 35.5. The van der Waals surface area contributed by atoms with Crippen LogP contribution in [-0.2, 0) is 14.3 Å². The van der Waals surface area contributed by atoms with Crippen LogP contribution >= 0.6 is 11.6 Å². The van der Waals surface area contributed by atoms with Gasteiger partial charge in [0.2, 0.25) is 0 Å². The number of alkyl halides is 4. The summed E-state index contributed by atoms with van der Waals surface area (Å²) in [7, 11) is 0. The van der Waals surface area contributed by atoms with Gasteiger partial charge in [0.05, 0.1) is 5.92 Å². The van der Waals surface area contributed by atoms with Crippen molar-refractivity contribution in [2.45, 2.75) is 44.5 Å². The fourth-order valence-corrected chi connectivity index (χ4v) is 1.84. The maximum absolute atomic E-state index is 12.7. The molecule has 0 spiro atoms. The van der Waals surface area contributed by atoms with Gasteiger partial charge < -0.3 is 14.8 Å². The number of carbonyl (C=O) groups excluding carboxylic acids is 2. The number of hydrogen-bond donors (Lipinski definition) is 1. The van der Waals surface area contributed by atoms with Crippen molar-refractivity contribution in [3.05, 3.63) is 0 Å². The van der Waals surface area contributed by atoms with E-state index >= 15 is 0 Å². The van der Waals surface area contributed by atoms with E-state index in [2.05, 4.69) is 4.74 Å². The molecule has 0 bridgehead atoms. The molecule has 1 fully saturated rings. The van der Waals surface area contributed by atoms with Gasteiger partial charge in [-0.1, -0.05) is 11.6 Å². The van der Waals surface area contributed by atoms with Crippen LogP contribution in [0.2, 0.25) is 0 Å². The van der Waals surface area contributed by atoms with E-state index in [0.29, 0.717) is 0 Å². The fraction of sp³-hybridized carbons (Fsp3) is 0.818. The molecule has 1 N–H and O–H groups in total. The maximum atomic E-state index is 12.7. The molecule has 116 valence electrons. The van der Waals surface area contributed by atoms with Gasteiger partial charge >= 0.3 is 18.2 Å². The van der Waals surface area contributed by atoms with Crippen LogP contribution in [0.25, 0.3) is 0 Å². The van der Waals surface area contributed by atoms with Crippen molar-refractivity contribution in [2.75, 3.05) is 6.07 Å². The first-order valence-corrected chi connectivity index (χ1v) is 6.27. The molecule has 20 heavy (non-hydrogen) atoms. The molecule has 0 aromatic rings. The minimum absolute atomic E-state index is 0.592. The first-order chi connectivity index (χ1) is 8.92. The largest absolute Gasteiger partial charge is 0.448 e. The average molecular weight is 318 g/mol. The Hall–Kier alpha value is -1.18. The number of halogens is 4. The second kappa shape index (κ2) is 5.31. The van der Waals surface area contributed by atoms with Crippen LogP contribution in [0.5, 0.6) is 0 Å². The van der Waals surface area contributed by atoms with Gasteiger partial charge in [0.1, 0.15) is 5.60 Å². The predicted molar refractivity (Wildman–Crippen MR) is 63.1 cm³/mol.